The van der Waals surface area contributed by atoms with Crippen LogP contribution in [0.25, 0.3) is 11.0 Å². The van der Waals surface area contributed by atoms with E-state index in [2.05, 4.69) is 20.6 Å². The first kappa shape index (κ1) is 16.6. The van der Waals surface area contributed by atoms with Crippen molar-refractivity contribution in [2.24, 2.45) is 0 Å². The maximum absolute atomic E-state index is 13.0. The molecule has 0 saturated carbocycles. The summed E-state index contributed by atoms with van der Waals surface area (Å²) in [5.41, 5.74) is 2.82. The minimum absolute atomic E-state index is 0. The van der Waals surface area contributed by atoms with Gasteiger partial charge in [0.1, 0.15) is 5.82 Å². The number of aryl methyl sites for hydroxylation is 1. The molecule has 22 heavy (non-hydrogen) atoms. The number of nitrogens with zero attached hydrogens (tertiary/aromatic N) is 1. The molecule has 1 atom stereocenters. The molecule has 1 aromatic heterocycles. The van der Waals surface area contributed by atoms with Crippen LogP contribution < -0.4 is 10.6 Å². The summed E-state index contributed by atoms with van der Waals surface area (Å²) in [5.74, 6) is -2.63. The van der Waals surface area contributed by atoms with Crippen LogP contribution in [0.2, 0.25) is 0 Å². The highest BCUT2D eigenvalue weighted by molar-refractivity contribution is 5.85. The molecule has 0 aliphatic carbocycles. The number of benzene rings is 1. The van der Waals surface area contributed by atoms with E-state index in [1.165, 1.54) is 0 Å². The van der Waals surface area contributed by atoms with E-state index in [0.29, 0.717) is 5.82 Å². The number of halogens is 3. The molecule has 2 aromatic rings. The van der Waals surface area contributed by atoms with Gasteiger partial charge in [-0.05, 0) is 24.6 Å². The van der Waals surface area contributed by atoms with Gasteiger partial charge < -0.3 is 10.3 Å². The molecule has 1 fully saturated rings. The molecule has 0 bridgehead atoms. The summed E-state index contributed by atoms with van der Waals surface area (Å²) in [6, 6.07) is 4.97. The first-order chi connectivity index (χ1) is 9.93. The number of H-pyrrole nitrogens is 1. The van der Waals surface area contributed by atoms with Gasteiger partial charge in [-0.1, -0.05) is 6.07 Å². The third-order valence-corrected chi connectivity index (χ3v) is 3.54. The van der Waals surface area contributed by atoms with Crippen molar-refractivity contribution < 1.29 is 13.6 Å². The number of hydrogen-bond donors (Lipinski definition) is 3. The molecule has 1 aromatic carbocycles. The summed E-state index contributed by atoms with van der Waals surface area (Å²) in [6.45, 7) is 1.72. The normalized spacial score (nSPS) is 19.9. The molecule has 120 valence electrons. The molecule has 8 heteroatoms. The highest BCUT2D eigenvalue weighted by Gasteiger charge is 2.42. The Morgan fingerprint density at radius 3 is 2.95 bits per heavy atom. The smallest absolute Gasteiger partial charge is 0.262 e. The van der Waals surface area contributed by atoms with Crippen LogP contribution in [-0.4, -0.2) is 34.4 Å². The molecule has 1 saturated heterocycles. The molecule has 0 radical (unpaired) electrons. The lowest BCUT2D eigenvalue weighted by molar-refractivity contribution is -0.123. The SMILES string of the molecule is Cc1ccc2nc(CNC(=O)C3CC(F)(F)CN3)[nH]c2c1.Cl. The van der Waals surface area contributed by atoms with E-state index in [4.69, 9.17) is 0 Å². The van der Waals surface area contributed by atoms with Gasteiger partial charge in [0.15, 0.2) is 0 Å². The van der Waals surface area contributed by atoms with E-state index in [0.717, 1.165) is 16.6 Å². The van der Waals surface area contributed by atoms with Gasteiger partial charge >= 0.3 is 0 Å². The summed E-state index contributed by atoms with van der Waals surface area (Å²) in [6.07, 6.45) is -0.460. The highest BCUT2D eigenvalue weighted by atomic mass is 35.5. The second-order valence-electron chi connectivity index (χ2n) is 5.42. The minimum atomic E-state index is -2.81. The molecular formula is C14H17ClF2N4O. The molecule has 1 unspecified atom stereocenters. The molecule has 3 rings (SSSR count). The Labute approximate surface area is 132 Å². The Balaban J connectivity index is 0.00000176. The number of rotatable bonds is 3. The number of carbonyl (C=O) groups excluding carboxylic acids is 1. The van der Waals surface area contributed by atoms with Crippen molar-refractivity contribution in [1.82, 2.24) is 20.6 Å². The molecule has 0 spiro atoms. The van der Waals surface area contributed by atoms with E-state index < -0.39 is 30.8 Å². The van der Waals surface area contributed by atoms with Crippen LogP contribution in [0.5, 0.6) is 0 Å². The van der Waals surface area contributed by atoms with Crippen LogP contribution in [0.1, 0.15) is 17.8 Å². The maximum atomic E-state index is 13.0. The van der Waals surface area contributed by atoms with Crippen molar-refractivity contribution in [3.63, 3.8) is 0 Å². The Bertz CT molecular complexity index is 689. The fourth-order valence-corrected chi connectivity index (χ4v) is 2.45. The summed E-state index contributed by atoms with van der Waals surface area (Å²) in [5, 5.41) is 5.15. The summed E-state index contributed by atoms with van der Waals surface area (Å²) < 4.78 is 26.1. The second kappa shape index (κ2) is 6.18. The highest BCUT2D eigenvalue weighted by Crippen LogP contribution is 2.25. The van der Waals surface area contributed by atoms with Crippen molar-refractivity contribution in [3.8, 4) is 0 Å². The van der Waals surface area contributed by atoms with Crippen molar-refractivity contribution in [2.75, 3.05) is 6.54 Å². The fourth-order valence-electron chi connectivity index (χ4n) is 2.45. The quantitative estimate of drug-likeness (QED) is 0.805. The summed E-state index contributed by atoms with van der Waals surface area (Å²) in [7, 11) is 0. The number of alkyl halides is 2. The average molecular weight is 331 g/mol. The lowest BCUT2D eigenvalue weighted by Crippen LogP contribution is -2.40. The van der Waals surface area contributed by atoms with Crippen molar-refractivity contribution in [3.05, 3.63) is 29.6 Å². The molecule has 1 aliphatic heterocycles. The average Bonchev–Trinajstić information content (AvgIpc) is 2.98. The lowest BCUT2D eigenvalue weighted by Gasteiger charge is -2.10. The number of aromatic nitrogens is 2. The van der Waals surface area contributed by atoms with Gasteiger partial charge in [0, 0.05) is 6.42 Å². The largest absolute Gasteiger partial charge is 0.348 e. The Kier molecular flexibility index (Phi) is 4.67. The number of carbonyl (C=O) groups is 1. The van der Waals surface area contributed by atoms with Gasteiger partial charge in [-0.25, -0.2) is 13.8 Å². The van der Waals surface area contributed by atoms with Gasteiger partial charge in [-0.2, -0.15) is 0 Å². The Morgan fingerprint density at radius 2 is 2.27 bits per heavy atom. The zero-order valence-corrected chi connectivity index (χ0v) is 12.8. The zero-order chi connectivity index (χ0) is 15.0. The zero-order valence-electron chi connectivity index (χ0n) is 12.0. The number of hydrogen-bond acceptors (Lipinski definition) is 3. The van der Waals surface area contributed by atoms with Gasteiger partial charge in [-0.15, -0.1) is 12.4 Å². The third kappa shape index (κ3) is 3.53. The van der Waals surface area contributed by atoms with E-state index in [-0.39, 0.29) is 19.0 Å². The first-order valence-electron chi connectivity index (χ1n) is 6.77. The summed E-state index contributed by atoms with van der Waals surface area (Å²) in [4.78, 5) is 19.3. The van der Waals surface area contributed by atoms with Gasteiger partial charge in [-0.3, -0.25) is 10.1 Å². The second-order valence-corrected chi connectivity index (χ2v) is 5.42. The molecule has 5 nitrogen and oxygen atoms in total. The summed E-state index contributed by atoms with van der Waals surface area (Å²) >= 11 is 0. The third-order valence-electron chi connectivity index (χ3n) is 3.54. The monoisotopic (exact) mass is 330 g/mol. The van der Waals surface area contributed by atoms with Crippen molar-refractivity contribution in [1.29, 1.82) is 0 Å². The predicted molar refractivity (Wildman–Crippen MR) is 81.3 cm³/mol. The molecular weight excluding hydrogens is 314 g/mol. The van der Waals surface area contributed by atoms with Gasteiger partial charge in [0.2, 0.25) is 5.91 Å². The minimum Gasteiger partial charge on any atom is -0.348 e. The molecule has 2 heterocycles. The van der Waals surface area contributed by atoms with E-state index in [1.807, 2.05) is 25.1 Å². The van der Waals surface area contributed by atoms with Gasteiger partial charge in [0.05, 0.1) is 30.2 Å². The first-order valence-corrected chi connectivity index (χ1v) is 6.77. The van der Waals surface area contributed by atoms with Crippen molar-refractivity contribution >= 4 is 29.3 Å². The standard InChI is InChI=1S/C14H16F2N4O.ClH/c1-8-2-3-9-10(4-8)20-12(19-9)6-17-13(21)11-5-14(15,16)7-18-11;/h2-4,11,18H,5-7H2,1H3,(H,17,21)(H,19,20);1H. The number of amides is 1. The van der Waals surface area contributed by atoms with Crippen LogP contribution >= 0.6 is 12.4 Å². The molecule has 1 amide bonds. The van der Waals surface area contributed by atoms with Crippen LogP contribution in [0.15, 0.2) is 18.2 Å². The number of imidazole rings is 1. The predicted octanol–water partition coefficient (Wildman–Crippen LogP) is 1.91. The lowest BCUT2D eigenvalue weighted by atomic mass is 10.2. The van der Waals surface area contributed by atoms with Crippen LogP contribution in [-0.2, 0) is 11.3 Å². The number of aromatic amines is 1. The number of fused-ring (bicyclic) bond motifs is 1. The van der Waals surface area contributed by atoms with Crippen LogP contribution in [0, 0.1) is 6.92 Å². The molecule has 1 aliphatic rings. The maximum Gasteiger partial charge on any atom is 0.262 e. The van der Waals surface area contributed by atoms with Gasteiger partial charge in [0.25, 0.3) is 5.92 Å². The number of nitrogens with one attached hydrogen (secondary N) is 3. The fraction of sp³-hybridized carbons (Fsp3) is 0.429. The molecule has 3 N–H and O–H groups in total. The van der Waals surface area contributed by atoms with E-state index in [9.17, 15) is 13.6 Å². The topological polar surface area (TPSA) is 69.8 Å². The Hall–Kier alpha value is -1.73. The van der Waals surface area contributed by atoms with Crippen LogP contribution in [0.4, 0.5) is 8.78 Å². The van der Waals surface area contributed by atoms with Crippen molar-refractivity contribution in [2.45, 2.75) is 31.9 Å². The van der Waals surface area contributed by atoms with E-state index in [1.54, 1.807) is 0 Å². The Morgan fingerprint density at radius 1 is 1.50 bits per heavy atom. The van der Waals surface area contributed by atoms with E-state index >= 15 is 0 Å². The van der Waals surface area contributed by atoms with Crippen LogP contribution in [0.3, 0.4) is 0 Å².